The van der Waals surface area contributed by atoms with Gasteiger partial charge in [-0.15, -0.1) is 0 Å². The number of carboxylic acid groups (broad SMARTS) is 3. The Morgan fingerprint density at radius 3 is 1.24 bits per heavy atom. The quantitative estimate of drug-likeness (QED) is 0.286. The van der Waals surface area contributed by atoms with Crippen molar-refractivity contribution in [3.05, 3.63) is 28.3 Å². The number of rotatable bonds is 0. The topological polar surface area (TPSA) is 112 Å². The van der Waals surface area contributed by atoms with Gasteiger partial charge in [-0.2, -0.15) is 22.3 Å². The van der Waals surface area contributed by atoms with Gasteiger partial charge < -0.3 is 15.3 Å². The molecule has 7 heteroatoms. The van der Waals surface area contributed by atoms with E-state index in [1.54, 1.807) is 79.0 Å². The molecule has 0 unspecified atom stereocenters. The van der Waals surface area contributed by atoms with Gasteiger partial charge >= 0.3 is 17.9 Å². The predicted molar refractivity (Wildman–Crippen MR) is 129 cm³/mol. The molecule has 0 spiro atoms. The van der Waals surface area contributed by atoms with E-state index in [-0.39, 0.29) is 21.7 Å². The van der Waals surface area contributed by atoms with Crippen LogP contribution in [0.2, 0.25) is 0 Å². The van der Waals surface area contributed by atoms with Gasteiger partial charge in [-0.1, -0.05) is 39.5 Å². The molecule has 0 saturated heterocycles. The van der Waals surface area contributed by atoms with Crippen LogP contribution in [0.5, 0.6) is 0 Å². The Bertz CT molecular complexity index is 698. The van der Waals surface area contributed by atoms with Crippen LogP contribution in [0.1, 0.15) is 97.4 Å². The number of aryl methyl sites for hydroxylation is 2. The van der Waals surface area contributed by atoms with Crippen LogP contribution in [0.4, 0.5) is 0 Å². The molecule has 0 saturated carbocycles. The first-order chi connectivity index (χ1) is 14.1. The van der Waals surface area contributed by atoms with E-state index in [2.05, 4.69) is 19.9 Å². The number of aliphatic carboxylic acids is 3. The minimum Gasteiger partial charge on any atom is -0.481 e. The second kappa shape index (κ2) is 14.7. The Kier molecular flexibility index (Phi) is 16.0. The summed E-state index contributed by atoms with van der Waals surface area (Å²) in [5.41, 5.74) is 4.59. The fraction of sp³-hybridized carbons (Fsp3) is 0.692. The summed E-state index contributed by atoms with van der Waals surface area (Å²) in [4.78, 5) is 30.1. The fourth-order valence-corrected chi connectivity index (χ4v) is 2.12. The summed E-state index contributed by atoms with van der Waals surface area (Å²) in [7, 11) is 0. The summed E-state index contributed by atoms with van der Waals surface area (Å²) in [5, 5.41) is 24.8. The van der Waals surface area contributed by atoms with Gasteiger partial charge in [0.1, 0.15) is 0 Å². The van der Waals surface area contributed by atoms with Crippen molar-refractivity contribution < 1.29 is 51.4 Å². The number of fused-ring (bicyclic) bond motifs is 1. The molecule has 0 radical (unpaired) electrons. The zero-order valence-electron chi connectivity index (χ0n) is 22.5. The third-order valence-corrected chi connectivity index (χ3v) is 4.87. The molecule has 0 fully saturated rings. The number of hydrogen-bond acceptors (Lipinski definition) is 3. The van der Waals surface area contributed by atoms with Crippen LogP contribution in [-0.4, -0.2) is 33.2 Å². The zero-order valence-corrected chi connectivity index (χ0v) is 24.0. The van der Waals surface area contributed by atoms with Gasteiger partial charge in [-0.05, 0) is 62.3 Å². The Morgan fingerprint density at radius 2 is 1.00 bits per heavy atom. The van der Waals surface area contributed by atoms with Crippen LogP contribution in [0.15, 0.2) is 6.07 Å². The SMILES string of the molecule is CC(C)(C)C(=O)O.CC(C)(C)C(=O)O.CC(C)(C)C(=O)O.Cc1cc2c([c-]1C)CCCC2.[Ti]. The van der Waals surface area contributed by atoms with E-state index in [9.17, 15) is 14.4 Å². The smallest absolute Gasteiger partial charge is 0.308 e. The van der Waals surface area contributed by atoms with Gasteiger partial charge in [0, 0.05) is 21.7 Å². The largest absolute Gasteiger partial charge is 0.481 e. The summed E-state index contributed by atoms with van der Waals surface area (Å²) in [5.74, 6) is -2.27. The van der Waals surface area contributed by atoms with E-state index in [4.69, 9.17) is 15.3 Å². The summed E-state index contributed by atoms with van der Waals surface area (Å²) in [6.45, 7) is 19.5. The maximum atomic E-state index is 10.0. The van der Waals surface area contributed by atoms with Crippen LogP contribution in [-0.2, 0) is 48.9 Å². The van der Waals surface area contributed by atoms with Crippen LogP contribution >= 0.6 is 0 Å². The third kappa shape index (κ3) is 15.9. The van der Waals surface area contributed by atoms with E-state index in [0.29, 0.717) is 0 Å². The van der Waals surface area contributed by atoms with Crippen LogP contribution < -0.4 is 0 Å². The summed E-state index contributed by atoms with van der Waals surface area (Å²) < 4.78 is 0. The molecule has 6 nitrogen and oxygen atoms in total. The monoisotopic (exact) mass is 501 g/mol. The molecule has 0 bridgehead atoms. The van der Waals surface area contributed by atoms with E-state index < -0.39 is 34.2 Å². The molecule has 1 aromatic carbocycles. The Morgan fingerprint density at radius 1 is 0.727 bits per heavy atom. The zero-order chi connectivity index (χ0) is 26.1. The van der Waals surface area contributed by atoms with Gasteiger partial charge in [0.05, 0.1) is 16.2 Å². The minimum absolute atomic E-state index is 0. The molecule has 1 aromatic rings. The first kappa shape index (κ1) is 36.1. The first-order valence-corrected chi connectivity index (χ1v) is 11.1. The van der Waals surface area contributed by atoms with Gasteiger partial charge in [0.15, 0.2) is 0 Å². The molecule has 0 atom stereocenters. The molecule has 33 heavy (non-hydrogen) atoms. The molecule has 0 aromatic heterocycles. The Labute approximate surface area is 215 Å². The second-order valence-electron chi connectivity index (χ2n) is 11.3. The second-order valence-corrected chi connectivity index (χ2v) is 11.3. The molecule has 1 aliphatic carbocycles. The summed E-state index contributed by atoms with van der Waals surface area (Å²) in [6, 6.07) is 2.38. The maximum Gasteiger partial charge on any atom is 0.308 e. The number of carboxylic acids is 3. The van der Waals surface area contributed by atoms with Crippen molar-refractivity contribution in [1.29, 1.82) is 0 Å². The molecule has 0 aliphatic heterocycles. The van der Waals surface area contributed by atoms with Crippen molar-refractivity contribution in [3.63, 3.8) is 0 Å². The van der Waals surface area contributed by atoms with Gasteiger partial charge in [0.25, 0.3) is 0 Å². The third-order valence-electron chi connectivity index (χ3n) is 4.87. The van der Waals surface area contributed by atoms with Crippen LogP contribution in [0.3, 0.4) is 0 Å². The average Bonchev–Trinajstić information content (AvgIpc) is 2.89. The van der Waals surface area contributed by atoms with Crippen LogP contribution in [0.25, 0.3) is 0 Å². The molecule has 3 N–H and O–H groups in total. The average molecular weight is 502 g/mol. The Balaban J connectivity index is -0.000000371. The minimum atomic E-state index is -0.757. The predicted octanol–water partition coefficient (Wildman–Crippen LogP) is 6.25. The van der Waals surface area contributed by atoms with Crippen molar-refractivity contribution in [1.82, 2.24) is 0 Å². The van der Waals surface area contributed by atoms with Crippen molar-refractivity contribution >= 4 is 17.9 Å². The van der Waals surface area contributed by atoms with Crippen molar-refractivity contribution in [2.24, 2.45) is 16.2 Å². The molecular weight excluding hydrogens is 456 g/mol. The normalized spacial score (nSPS) is 12.7. The number of carbonyl (C=O) groups is 3. The maximum absolute atomic E-state index is 10.0. The molecule has 2 rings (SSSR count). The van der Waals surface area contributed by atoms with Gasteiger partial charge in [-0.3, -0.25) is 14.4 Å². The molecule has 1 aliphatic rings. The summed E-state index contributed by atoms with van der Waals surface area (Å²) in [6.07, 6.45) is 5.45. The van der Waals surface area contributed by atoms with Crippen molar-refractivity contribution in [3.8, 4) is 0 Å². The van der Waals surface area contributed by atoms with Crippen molar-refractivity contribution in [2.45, 2.75) is 102 Å². The van der Waals surface area contributed by atoms with E-state index in [1.807, 2.05) is 0 Å². The fourth-order valence-electron chi connectivity index (χ4n) is 2.12. The number of hydrogen-bond donors (Lipinski definition) is 3. The molecule has 0 amide bonds. The van der Waals surface area contributed by atoms with E-state index in [0.717, 1.165) is 0 Å². The van der Waals surface area contributed by atoms with Crippen molar-refractivity contribution in [2.75, 3.05) is 0 Å². The molecule has 190 valence electrons. The standard InChI is InChI=1S/C11H15.3C5H10O2.Ti/c1-8-7-10-5-3-4-6-11(10)9(8)2;3*1-5(2,3)4(6)7;/h7H,3-6H2,1-2H3;3*1-3H3,(H,6,7);/q-1;;;;. The van der Waals surface area contributed by atoms with Crippen LogP contribution in [0, 0.1) is 30.1 Å². The molecular formula is C26H45O6Ti-. The van der Waals surface area contributed by atoms with E-state index >= 15 is 0 Å². The Hall–Kier alpha value is -1.53. The summed E-state index contributed by atoms with van der Waals surface area (Å²) >= 11 is 0. The van der Waals surface area contributed by atoms with Gasteiger partial charge in [0.2, 0.25) is 0 Å². The van der Waals surface area contributed by atoms with Gasteiger partial charge in [-0.25, -0.2) is 6.07 Å². The van der Waals surface area contributed by atoms with E-state index in [1.165, 1.54) is 31.2 Å². The first-order valence-electron chi connectivity index (χ1n) is 11.1. The molecule has 0 heterocycles.